The van der Waals surface area contributed by atoms with E-state index in [-0.39, 0.29) is 5.91 Å². The maximum atomic E-state index is 12.5. The SMILES string of the molecule is Cc1ccc(C2CC2)c(C(=O)NCc2cnn(C)c2C)c1. The zero-order valence-electron chi connectivity index (χ0n) is 12.8. The van der Waals surface area contributed by atoms with E-state index in [4.69, 9.17) is 0 Å². The summed E-state index contributed by atoms with van der Waals surface area (Å²) in [5, 5.41) is 7.23. The monoisotopic (exact) mass is 283 g/mol. The highest BCUT2D eigenvalue weighted by molar-refractivity contribution is 5.96. The zero-order valence-corrected chi connectivity index (χ0v) is 12.8. The molecule has 3 rings (SSSR count). The van der Waals surface area contributed by atoms with Gasteiger partial charge in [-0.05, 0) is 44.2 Å². The van der Waals surface area contributed by atoms with Gasteiger partial charge in [-0.1, -0.05) is 17.7 Å². The summed E-state index contributed by atoms with van der Waals surface area (Å²) in [4.78, 5) is 12.5. The van der Waals surface area contributed by atoms with Gasteiger partial charge >= 0.3 is 0 Å². The molecule has 0 saturated heterocycles. The van der Waals surface area contributed by atoms with Crippen LogP contribution in [-0.2, 0) is 13.6 Å². The molecule has 1 aromatic heterocycles. The molecule has 1 aliphatic carbocycles. The average molecular weight is 283 g/mol. The minimum absolute atomic E-state index is 0.0175. The fraction of sp³-hybridized carbons (Fsp3) is 0.412. The molecule has 0 radical (unpaired) electrons. The minimum atomic E-state index is 0.0175. The van der Waals surface area contributed by atoms with E-state index in [2.05, 4.69) is 22.5 Å². The Hall–Kier alpha value is -2.10. The maximum Gasteiger partial charge on any atom is 0.251 e. The van der Waals surface area contributed by atoms with Crippen molar-refractivity contribution in [1.82, 2.24) is 15.1 Å². The van der Waals surface area contributed by atoms with Gasteiger partial charge in [-0.25, -0.2) is 0 Å². The van der Waals surface area contributed by atoms with Crippen molar-refractivity contribution in [3.05, 3.63) is 52.3 Å². The lowest BCUT2D eigenvalue weighted by Gasteiger charge is -2.10. The maximum absolute atomic E-state index is 12.5. The van der Waals surface area contributed by atoms with Crippen LogP contribution < -0.4 is 5.32 Å². The lowest BCUT2D eigenvalue weighted by Crippen LogP contribution is -2.24. The molecule has 4 nitrogen and oxygen atoms in total. The number of carbonyl (C=O) groups excluding carboxylic acids is 1. The molecule has 1 heterocycles. The number of rotatable bonds is 4. The first-order valence-corrected chi connectivity index (χ1v) is 7.42. The Bertz CT molecular complexity index is 683. The number of hydrogen-bond donors (Lipinski definition) is 1. The molecule has 21 heavy (non-hydrogen) atoms. The Morgan fingerprint density at radius 3 is 2.76 bits per heavy atom. The van der Waals surface area contributed by atoms with Crippen molar-refractivity contribution < 1.29 is 4.79 Å². The van der Waals surface area contributed by atoms with Gasteiger partial charge in [-0.2, -0.15) is 5.10 Å². The molecule has 110 valence electrons. The normalized spacial score (nSPS) is 14.2. The molecule has 0 unspecified atom stereocenters. The molecule has 1 N–H and O–H groups in total. The van der Waals surface area contributed by atoms with Crippen molar-refractivity contribution in [2.75, 3.05) is 0 Å². The summed E-state index contributed by atoms with van der Waals surface area (Å²) in [5.41, 5.74) is 5.30. The van der Waals surface area contributed by atoms with Crippen LogP contribution in [0.2, 0.25) is 0 Å². The van der Waals surface area contributed by atoms with Gasteiger partial charge < -0.3 is 5.32 Å². The average Bonchev–Trinajstić information content (AvgIpc) is 3.25. The van der Waals surface area contributed by atoms with Crippen LogP contribution in [0.3, 0.4) is 0 Å². The van der Waals surface area contributed by atoms with E-state index in [1.54, 1.807) is 0 Å². The fourth-order valence-corrected chi connectivity index (χ4v) is 2.61. The van der Waals surface area contributed by atoms with E-state index in [1.165, 1.54) is 18.4 Å². The number of aromatic nitrogens is 2. The number of benzene rings is 1. The largest absolute Gasteiger partial charge is 0.348 e. The molecule has 0 bridgehead atoms. The van der Waals surface area contributed by atoms with Gasteiger partial charge in [0.25, 0.3) is 5.91 Å². The van der Waals surface area contributed by atoms with Crippen LogP contribution in [0.5, 0.6) is 0 Å². The van der Waals surface area contributed by atoms with Crippen molar-refractivity contribution >= 4 is 5.91 Å². The predicted octanol–water partition coefficient (Wildman–Crippen LogP) is 2.84. The molecule has 4 heteroatoms. The summed E-state index contributed by atoms with van der Waals surface area (Å²) in [6.07, 6.45) is 4.21. The molecule has 2 aromatic rings. The Labute approximate surface area is 125 Å². The third kappa shape index (κ3) is 2.84. The fourth-order valence-electron chi connectivity index (χ4n) is 2.61. The second-order valence-corrected chi connectivity index (χ2v) is 5.93. The molecule has 1 amide bonds. The highest BCUT2D eigenvalue weighted by Crippen LogP contribution is 2.41. The number of aryl methyl sites for hydroxylation is 2. The lowest BCUT2D eigenvalue weighted by molar-refractivity contribution is 0.0950. The minimum Gasteiger partial charge on any atom is -0.348 e. The Morgan fingerprint density at radius 1 is 1.38 bits per heavy atom. The van der Waals surface area contributed by atoms with Crippen LogP contribution in [0, 0.1) is 13.8 Å². The van der Waals surface area contributed by atoms with Crippen LogP contribution in [0.25, 0.3) is 0 Å². The third-order valence-corrected chi connectivity index (χ3v) is 4.25. The van der Waals surface area contributed by atoms with Gasteiger partial charge in [-0.15, -0.1) is 0 Å². The highest BCUT2D eigenvalue weighted by atomic mass is 16.1. The first-order valence-electron chi connectivity index (χ1n) is 7.42. The van der Waals surface area contributed by atoms with E-state index < -0.39 is 0 Å². The molecule has 1 fully saturated rings. The molecule has 0 spiro atoms. The summed E-state index contributed by atoms with van der Waals surface area (Å²) in [5.74, 6) is 0.593. The first kappa shape index (κ1) is 13.9. The highest BCUT2D eigenvalue weighted by Gasteiger charge is 2.27. The predicted molar refractivity (Wildman–Crippen MR) is 82.3 cm³/mol. The lowest BCUT2D eigenvalue weighted by atomic mass is 10.00. The standard InChI is InChI=1S/C17H21N3O/c1-11-4-7-15(13-5-6-13)16(8-11)17(21)18-9-14-10-19-20(3)12(14)2/h4,7-8,10,13H,5-6,9H2,1-3H3,(H,18,21). The van der Waals surface area contributed by atoms with Crippen LogP contribution >= 0.6 is 0 Å². The van der Waals surface area contributed by atoms with Crippen molar-refractivity contribution in [3.8, 4) is 0 Å². The Morgan fingerprint density at radius 2 is 2.14 bits per heavy atom. The van der Waals surface area contributed by atoms with Crippen LogP contribution in [0.4, 0.5) is 0 Å². The van der Waals surface area contributed by atoms with Crippen LogP contribution in [-0.4, -0.2) is 15.7 Å². The smallest absolute Gasteiger partial charge is 0.251 e. The Kier molecular flexibility index (Phi) is 3.53. The second-order valence-electron chi connectivity index (χ2n) is 5.93. The summed E-state index contributed by atoms with van der Waals surface area (Å²) in [7, 11) is 1.91. The van der Waals surface area contributed by atoms with Crippen molar-refractivity contribution in [2.24, 2.45) is 7.05 Å². The van der Waals surface area contributed by atoms with E-state index in [1.807, 2.05) is 37.8 Å². The molecule has 0 atom stereocenters. The van der Waals surface area contributed by atoms with Crippen molar-refractivity contribution in [3.63, 3.8) is 0 Å². The number of nitrogens with zero attached hydrogens (tertiary/aromatic N) is 2. The number of carbonyl (C=O) groups is 1. The second kappa shape index (κ2) is 5.35. The summed E-state index contributed by atoms with van der Waals surface area (Å²) < 4.78 is 1.82. The first-order chi connectivity index (χ1) is 10.1. The van der Waals surface area contributed by atoms with Crippen LogP contribution in [0.1, 0.15) is 51.5 Å². The molecule has 1 aliphatic rings. The molecular formula is C17H21N3O. The Balaban J connectivity index is 1.76. The van der Waals surface area contributed by atoms with Crippen molar-refractivity contribution in [2.45, 2.75) is 39.2 Å². The number of nitrogens with one attached hydrogen (secondary N) is 1. The van der Waals surface area contributed by atoms with Gasteiger partial charge in [-0.3, -0.25) is 9.48 Å². The topological polar surface area (TPSA) is 46.9 Å². The van der Waals surface area contributed by atoms with E-state index in [9.17, 15) is 4.79 Å². The van der Waals surface area contributed by atoms with Crippen molar-refractivity contribution in [1.29, 1.82) is 0 Å². The summed E-state index contributed by atoms with van der Waals surface area (Å²) in [6.45, 7) is 4.56. The van der Waals surface area contributed by atoms with Crippen LogP contribution in [0.15, 0.2) is 24.4 Å². The van der Waals surface area contributed by atoms with Gasteiger partial charge in [0.1, 0.15) is 0 Å². The zero-order chi connectivity index (χ0) is 15.0. The molecule has 0 aliphatic heterocycles. The number of hydrogen-bond acceptors (Lipinski definition) is 2. The summed E-state index contributed by atoms with van der Waals surface area (Å²) in [6, 6.07) is 6.20. The van der Waals surface area contributed by atoms with E-state index >= 15 is 0 Å². The van der Waals surface area contributed by atoms with Gasteiger partial charge in [0.05, 0.1) is 6.20 Å². The van der Waals surface area contributed by atoms with E-state index in [0.29, 0.717) is 12.5 Å². The molecular weight excluding hydrogens is 262 g/mol. The van der Waals surface area contributed by atoms with E-state index in [0.717, 1.165) is 22.4 Å². The quantitative estimate of drug-likeness (QED) is 0.938. The van der Waals surface area contributed by atoms with Gasteiger partial charge in [0.2, 0.25) is 0 Å². The summed E-state index contributed by atoms with van der Waals surface area (Å²) >= 11 is 0. The number of amides is 1. The van der Waals surface area contributed by atoms with Gasteiger partial charge in [0, 0.05) is 30.4 Å². The van der Waals surface area contributed by atoms with Gasteiger partial charge in [0.15, 0.2) is 0 Å². The molecule has 1 aromatic carbocycles. The third-order valence-electron chi connectivity index (χ3n) is 4.25. The molecule has 1 saturated carbocycles.